The van der Waals surface area contributed by atoms with Gasteiger partial charge in [-0.05, 0) is 30.7 Å². The molecule has 4 heterocycles. The molecule has 5 rings (SSSR count). The summed E-state index contributed by atoms with van der Waals surface area (Å²) in [5.41, 5.74) is 5.58. The second kappa shape index (κ2) is 8.24. The first-order chi connectivity index (χ1) is 15.1. The summed E-state index contributed by atoms with van der Waals surface area (Å²) in [6.45, 7) is 3.79. The summed E-state index contributed by atoms with van der Waals surface area (Å²) >= 11 is 6.33. The number of fused-ring (bicyclic) bond motifs is 1. The zero-order valence-electron chi connectivity index (χ0n) is 17.1. The molecule has 2 aliphatic rings. The Hall–Kier alpha value is -3.03. The van der Waals surface area contributed by atoms with E-state index in [0.717, 1.165) is 47.7 Å². The largest absolute Gasteiger partial charge is 0.489 e. The average molecular weight is 439 g/mol. The van der Waals surface area contributed by atoms with Crippen molar-refractivity contribution in [3.8, 4) is 17.0 Å². The van der Waals surface area contributed by atoms with E-state index < -0.39 is 0 Å². The molecule has 1 atom stereocenters. The van der Waals surface area contributed by atoms with Crippen LogP contribution in [0.4, 0.5) is 11.4 Å². The number of amides is 1. The molecule has 0 unspecified atom stereocenters. The highest BCUT2D eigenvalue weighted by Crippen LogP contribution is 2.41. The standard InChI is InChI=1S/C23H23ClN4O3/c1-13-16(24)3-2-4-17(13)27-22-20-18(6-9-26-23(20)29)28-21(22)15-5-8-25-11-19(15)31-12-14-7-10-30-14/h2-5,8,11,14,27-28H,6-7,9-10,12H2,1H3,(H,26,29)/t14-/m0/s1. The summed E-state index contributed by atoms with van der Waals surface area (Å²) in [5.74, 6) is 0.535. The van der Waals surface area contributed by atoms with E-state index in [9.17, 15) is 4.79 Å². The van der Waals surface area contributed by atoms with Crippen LogP contribution < -0.4 is 15.4 Å². The monoisotopic (exact) mass is 438 g/mol. The number of aromatic amines is 1. The number of nitrogens with one attached hydrogen (secondary N) is 3. The zero-order chi connectivity index (χ0) is 21.4. The van der Waals surface area contributed by atoms with Crippen LogP contribution in [0.5, 0.6) is 5.75 Å². The highest BCUT2D eigenvalue weighted by atomic mass is 35.5. The third kappa shape index (κ3) is 3.75. The van der Waals surface area contributed by atoms with E-state index >= 15 is 0 Å². The highest BCUT2D eigenvalue weighted by molar-refractivity contribution is 6.31. The van der Waals surface area contributed by atoms with Gasteiger partial charge in [-0.15, -0.1) is 0 Å². The van der Waals surface area contributed by atoms with Crippen molar-refractivity contribution in [1.29, 1.82) is 0 Å². The van der Waals surface area contributed by atoms with Crippen LogP contribution in [0, 0.1) is 6.92 Å². The van der Waals surface area contributed by atoms with E-state index in [2.05, 4.69) is 20.6 Å². The van der Waals surface area contributed by atoms with Crippen LogP contribution >= 0.6 is 11.6 Å². The minimum atomic E-state index is -0.106. The number of hydrogen-bond donors (Lipinski definition) is 3. The minimum absolute atomic E-state index is 0.106. The van der Waals surface area contributed by atoms with Crippen LogP contribution in [0.3, 0.4) is 0 Å². The van der Waals surface area contributed by atoms with Gasteiger partial charge in [-0.1, -0.05) is 17.7 Å². The van der Waals surface area contributed by atoms with E-state index in [1.807, 2.05) is 31.2 Å². The lowest BCUT2D eigenvalue weighted by molar-refractivity contribution is -0.0720. The number of ether oxygens (including phenoxy) is 2. The summed E-state index contributed by atoms with van der Waals surface area (Å²) in [6, 6.07) is 7.57. The van der Waals surface area contributed by atoms with Crippen LogP contribution in [0.25, 0.3) is 11.3 Å². The maximum atomic E-state index is 12.8. The smallest absolute Gasteiger partial charge is 0.255 e. The SMILES string of the molecule is Cc1c(Cl)cccc1Nc1c(-c2ccncc2OC[C@@H]2CCO2)[nH]c2c1C(=O)NCC2. The summed E-state index contributed by atoms with van der Waals surface area (Å²) in [6.07, 6.45) is 5.25. The van der Waals surface area contributed by atoms with Gasteiger partial charge >= 0.3 is 0 Å². The van der Waals surface area contributed by atoms with Crippen molar-refractivity contribution < 1.29 is 14.3 Å². The Kier molecular flexibility index (Phi) is 5.29. The molecule has 0 saturated carbocycles. The van der Waals surface area contributed by atoms with Crippen molar-refractivity contribution in [3.63, 3.8) is 0 Å². The van der Waals surface area contributed by atoms with E-state index in [1.54, 1.807) is 12.4 Å². The number of carbonyl (C=O) groups excluding carboxylic acids is 1. The number of anilines is 2. The van der Waals surface area contributed by atoms with Crippen molar-refractivity contribution in [3.05, 3.63) is 58.5 Å². The Labute approximate surface area is 185 Å². The van der Waals surface area contributed by atoms with Crippen molar-refractivity contribution in [2.24, 2.45) is 0 Å². The molecule has 1 aromatic carbocycles. The topological polar surface area (TPSA) is 88.3 Å². The van der Waals surface area contributed by atoms with Crippen LogP contribution in [0.1, 0.15) is 28.0 Å². The Balaban J connectivity index is 1.59. The van der Waals surface area contributed by atoms with Gasteiger partial charge in [0.25, 0.3) is 5.91 Å². The lowest BCUT2D eigenvalue weighted by Crippen LogP contribution is -2.32. The molecule has 3 aromatic rings. The Morgan fingerprint density at radius 3 is 3.03 bits per heavy atom. The molecule has 3 N–H and O–H groups in total. The molecule has 1 amide bonds. The van der Waals surface area contributed by atoms with E-state index in [4.69, 9.17) is 21.1 Å². The van der Waals surface area contributed by atoms with E-state index in [1.165, 1.54) is 0 Å². The third-order valence-electron chi connectivity index (χ3n) is 5.76. The molecule has 0 aliphatic carbocycles. The van der Waals surface area contributed by atoms with Crippen molar-refractivity contribution >= 4 is 28.9 Å². The van der Waals surface area contributed by atoms with Gasteiger partial charge < -0.3 is 25.1 Å². The molecule has 31 heavy (non-hydrogen) atoms. The summed E-state index contributed by atoms with van der Waals surface area (Å²) in [7, 11) is 0. The highest BCUT2D eigenvalue weighted by Gasteiger charge is 2.29. The number of halogens is 1. The van der Waals surface area contributed by atoms with Gasteiger partial charge in [0, 0.05) is 54.2 Å². The third-order valence-corrected chi connectivity index (χ3v) is 6.17. The van der Waals surface area contributed by atoms with Gasteiger partial charge in [-0.2, -0.15) is 0 Å². The molecule has 7 nitrogen and oxygen atoms in total. The van der Waals surface area contributed by atoms with Crippen molar-refractivity contribution in [2.45, 2.75) is 25.9 Å². The van der Waals surface area contributed by atoms with Crippen LogP contribution in [0.2, 0.25) is 5.02 Å². The lowest BCUT2D eigenvalue weighted by Gasteiger charge is -2.26. The Bertz CT molecular complexity index is 1140. The zero-order valence-corrected chi connectivity index (χ0v) is 17.9. The van der Waals surface area contributed by atoms with Gasteiger partial charge in [0.05, 0.1) is 29.2 Å². The number of H-pyrrole nitrogens is 1. The Morgan fingerprint density at radius 1 is 1.35 bits per heavy atom. The summed E-state index contributed by atoms with van der Waals surface area (Å²) in [4.78, 5) is 20.5. The lowest BCUT2D eigenvalue weighted by atomic mass is 10.0. The fraction of sp³-hybridized carbons (Fsp3) is 0.304. The first-order valence-corrected chi connectivity index (χ1v) is 10.7. The fourth-order valence-electron chi connectivity index (χ4n) is 3.88. The van der Waals surface area contributed by atoms with Crippen LogP contribution in [0.15, 0.2) is 36.7 Å². The first kappa shape index (κ1) is 19.9. The van der Waals surface area contributed by atoms with E-state index in [0.29, 0.717) is 35.2 Å². The molecular formula is C23H23ClN4O3. The van der Waals surface area contributed by atoms with E-state index in [-0.39, 0.29) is 12.0 Å². The van der Waals surface area contributed by atoms with Gasteiger partial charge in [0.1, 0.15) is 12.4 Å². The van der Waals surface area contributed by atoms with Gasteiger partial charge in [0.15, 0.2) is 0 Å². The van der Waals surface area contributed by atoms with Crippen molar-refractivity contribution in [1.82, 2.24) is 15.3 Å². The molecular weight excluding hydrogens is 416 g/mol. The molecule has 8 heteroatoms. The first-order valence-electron chi connectivity index (χ1n) is 10.4. The second-order valence-corrected chi connectivity index (χ2v) is 8.14. The second-order valence-electron chi connectivity index (χ2n) is 7.74. The summed E-state index contributed by atoms with van der Waals surface area (Å²) < 4.78 is 11.5. The number of aromatic nitrogens is 2. The molecule has 2 aromatic heterocycles. The number of rotatable bonds is 6. The number of carbonyl (C=O) groups is 1. The number of benzene rings is 1. The van der Waals surface area contributed by atoms with Crippen molar-refractivity contribution in [2.75, 3.05) is 25.1 Å². The predicted octanol–water partition coefficient (Wildman–Crippen LogP) is 4.24. The maximum Gasteiger partial charge on any atom is 0.255 e. The molecule has 0 spiro atoms. The molecule has 1 saturated heterocycles. The van der Waals surface area contributed by atoms with Gasteiger partial charge in [0.2, 0.25) is 0 Å². The van der Waals surface area contributed by atoms with Crippen LogP contribution in [-0.4, -0.2) is 41.7 Å². The maximum absolute atomic E-state index is 12.8. The average Bonchev–Trinajstić information content (AvgIpc) is 3.10. The molecule has 0 bridgehead atoms. The molecule has 2 aliphatic heterocycles. The fourth-order valence-corrected chi connectivity index (χ4v) is 4.06. The quantitative estimate of drug-likeness (QED) is 0.535. The number of pyridine rings is 1. The Morgan fingerprint density at radius 2 is 2.23 bits per heavy atom. The summed E-state index contributed by atoms with van der Waals surface area (Å²) in [5, 5.41) is 7.06. The number of hydrogen-bond acceptors (Lipinski definition) is 5. The molecule has 0 radical (unpaired) electrons. The molecule has 1 fully saturated rings. The van der Waals surface area contributed by atoms with Crippen LogP contribution in [-0.2, 0) is 11.2 Å². The number of nitrogens with zero attached hydrogens (tertiary/aromatic N) is 1. The van der Waals surface area contributed by atoms with Gasteiger partial charge in [-0.3, -0.25) is 9.78 Å². The normalized spacial score (nSPS) is 17.5. The molecule has 160 valence electrons. The van der Waals surface area contributed by atoms with Gasteiger partial charge in [-0.25, -0.2) is 0 Å². The predicted molar refractivity (Wildman–Crippen MR) is 119 cm³/mol. The minimum Gasteiger partial charge on any atom is -0.489 e.